The van der Waals surface area contributed by atoms with Gasteiger partial charge in [-0.05, 0) is 63.9 Å². The number of hydrogen-bond donors (Lipinski definition) is 1. The molecule has 114 valence electrons. The van der Waals surface area contributed by atoms with E-state index in [0.29, 0.717) is 12.3 Å². The average molecular weight is 362 g/mol. The van der Waals surface area contributed by atoms with Crippen molar-refractivity contribution in [2.45, 2.75) is 31.9 Å². The van der Waals surface area contributed by atoms with Crippen molar-refractivity contribution in [1.82, 2.24) is 5.32 Å². The van der Waals surface area contributed by atoms with Gasteiger partial charge in [0.15, 0.2) is 9.84 Å². The fraction of sp³-hybridized carbons (Fsp3) is 0.600. The van der Waals surface area contributed by atoms with E-state index < -0.39 is 9.84 Å². The second kappa shape index (κ2) is 8.15. The highest BCUT2D eigenvalue weighted by atomic mass is 79.9. The summed E-state index contributed by atoms with van der Waals surface area (Å²) in [5.74, 6) is 0.614. The van der Waals surface area contributed by atoms with E-state index in [0.717, 1.165) is 17.4 Å². The van der Waals surface area contributed by atoms with Crippen LogP contribution < -0.4 is 5.32 Å². The molecule has 3 nitrogen and oxygen atoms in total. The second-order valence-corrected chi connectivity index (χ2v) is 9.05. The lowest BCUT2D eigenvalue weighted by molar-refractivity contribution is 0.477. The third-order valence-corrected chi connectivity index (χ3v) is 6.23. The highest BCUT2D eigenvalue weighted by Gasteiger charge is 2.19. The molecule has 1 rings (SSSR count). The molecule has 0 aromatic heterocycles. The van der Waals surface area contributed by atoms with E-state index in [1.54, 1.807) is 13.8 Å². The first-order valence-electron chi connectivity index (χ1n) is 6.95. The average Bonchev–Trinajstić information content (AvgIpc) is 2.39. The Morgan fingerprint density at radius 2 is 1.80 bits per heavy atom. The van der Waals surface area contributed by atoms with Gasteiger partial charge in [0, 0.05) is 4.47 Å². The maximum atomic E-state index is 11.9. The van der Waals surface area contributed by atoms with Crippen molar-refractivity contribution in [1.29, 1.82) is 0 Å². The summed E-state index contributed by atoms with van der Waals surface area (Å²) in [5.41, 5.74) is 1.25. The van der Waals surface area contributed by atoms with Gasteiger partial charge in [-0.15, -0.1) is 0 Å². The Labute approximate surface area is 131 Å². The summed E-state index contributed by atoms with van der Waals surface area (Å²) >= 11 is 3.42. The molecular weight excluding hydrogens is 338 g/mol. The predicted octanol–water partition coefficient (Wildman–Crippen LogP) is 3.04. The predicted molar refractivity (Wildman–Crippen MR) is 88.8 cm³/mol. The molecule has 0 fully saturated rings. The minimum atomic E-state index is -2.95. The lowest BCUT2D eigenvalue weighted by atomic mass is 9.97. The number of rotatable bonds is 8. The van der Waals surface area contributed by atoms with E-state index in [2.05, 4.69) is 33.4 Å². The van der Waals surface area contributed by atoms with Crippen LogP contribution in [-0.2, 0) is 16.3 Å². The van der Waals surface area contributed by atoms with Crippen LogP contribution >= 0.6 is 15.9 Å². The Morgan fingerprint density at radius 3 is 2.30 bits per heavy atom. The monoisotopic (exact) mass is 361 g/mol. The van der Waals surface area contributed by atoms with Crippen molar-refractivity contribution in [2.24, 2.45) is 5.92 Å². The van der Waals surface area contributed by atoms with Gasteiger partial charge in [-0.3, -0.25) is 0 Å². The quantitative estimate of drug-likeness (QED) is 0.773. The van der Waals surface area contributed by atoms with E-state index in [-0.39, 0.29) is 11.0 Å². The molecule has 5 heteroatoms. The van der Waals surface area contributed by atoms with E-state index in [1.165, 1.54) is 5.56 Å². The summed E-state index contributed by atoms with van der Waals surface area (Å²) in [6, 6.07) is 8.22. The maximum absolute atomic E-state index is 11.9. The molecule has 0 aliphatic carbocycles. The molecule has 1 aromatic carbocycles. The SMILES string of the molecule is CNCC(CCS(=O)(=O)C(C)C)Cc1ccc(Br)cc1. The molecule has 0 saturated carbocycles. The smallest absolute Gasteiger partial charge is 0.152 e. The lowest BCUT2D eigenvalue weighted by Crippen LogP contribution is -2.25. The van der Waals surface area contributed by atoms with Gasteiger partial charge >= 0.3 is 0 Å². The van der Waals surface area contributed by atoms with Crippen molar-refractivity contribution in [2.75, 3.05) is 19.3 Å². The van der Waals surface area contributed by atoms with E-state index in [9.17, 15) is 8.42 Å². The molecule has 20 heavy (non-hydrogen) atoms. The van der Waals surface area contributed by atoms with E-state index >= 15 is 0 Å². The number of sulfone groups is 1. The van der Waals surface area contributed by atoms with Crippen LogP contribution in [0.3, 0.4) is 0 Å². The van der Waals surface area contributed by atoms with Crippen LogP contribution in [0.1, 0.15) is 25.8 Å². The second-order valence-electron chi connectivity index (χ2n) is 5.46. The van der Waals surface area contributed by atoms with Gasteiger partial charge in [-0.1, -0.05) is 28.1 Å². The minimum Gasteiger partial charge on any atom is -0.319 e. The highest BCUT2D eigenvalue weighted by molar-refractivity contribution is 9.10. The lowest BCUT2D eigenvalue weighted by Gasteiger charge is -2.17. The molecule has 1 atom stereocenters. The zero-order valence-corrected chi connectivity index (χ0v) is 14.8. The summed E-state index contributed by atoms with van der Waals surface area (Å²) in [6.45, 7) is 4.33. The molecular formula is C15H24BrNO2S. The Morgan fingerprint density at radius 1 is 1.20 bits per heavy atom. The Balaban J connectivity index is 2.63. The van der Waals surface area contributed by atoms with Crippen molar-refractivity contribution in [3.8, 4) is 0 Å². The van der Waals surface area contributed by atoms with E-state index in [1.807, 2.05) is 19.2 Å². The molecule has 0 aliphatic rings. The molecule has 0 amide bonds. The number of nitrogens with one attached hydrogen (secondary N) is 1. The summed E-state index contributed by atoms with van der Waals surface area (Å²) < 4.78 is 24.9. The largest absolute Gasteiger partial charge is 0.319 e. The van der Waals surface area contributed by atoms with Crippen LogP contribution in [-0.4, -0.2) is 33.0 Å². The first-order valence-corrected chi connectivity index (χ1v) is 9.46. The molecule has 0 aliphatic heterocycles. The third-order valence-electron chi connectivity index (χ3n) is 3.46. The van der Waals surface area contributed by atoms with Gasteiger partial charge in [-0.2, -0.15) is 0 Å². The molecule has 1 N–H and O–H groups in total. The first kappa shape index (κ1) is 17.7. The Hall–Kier alpha value is -0.390. The van der Waals surface area contributed by atoms with Crippen molar-refractivity contribution in [3.63, 3.8) is 0 Å². The van der Waals surface area contributed by atoms with Crippen LogP contribution in [0.5, 0.6) is 0 Å². The molecule has 0 radical (unpaired) electrons. The zero-order valence-electron chi connectivity index (χ0n) is 12.4. The number of benzene rings is 1. The van der Waals surface area contributed by atoms with Crippen molar-refractivity contribution >= 4 is 25.8 Å². The first-order chi connectivity index (χ1) is 9.35. The summed E-state index contributed by atoms with van der Waals surface area (Å²) in [4.78, 5) is 0. The topological polar surface area (TPSA) is 46.2 Å². The summed E-state index contributed by atoms with van der Waals surface area (Å²) in [6.07, 6.45) is 1.61. The highest BCUT2D eigenvalue weighted by Crippen LogP contribution is 2.17. The molecule has 0 saturated heterocycles. The third kappa shape index (κ3) is 5.94. The fourth-order valence-electron chi connectivity index (χ4n) is 2.09. The van der Waals surface area contributed by atoms with Gasteiger partial charge in [0.25, 0.3) is 0 Å². The van der Waals surface area contributed by atoms with Crippen LogP contribution in [0.2, 0.25) is 0 Å². The van der Waals surface area contributed by atoms with Crippen molar-refractivity contribution < 1.29 is 8.42 Å². The zero-order chi connectivity index (χ0) is 15.2. The van der Waals surface area contributed by atoms with Crippen LogP contribution in [0.4, 0.5) is 0 Å². The molecule has 0 spiro atoms. The van der Waals surface area contributed by atoms with Gasteiger partial charge in [-0.25, -0.2) is 8.42 Å². The van der Waals surface area contributed by atoms with Crippen LogP contribution in [0.15, 0.2) is 28.7 Å². The maximum Gasteiger partial charge on any atom is 0.152 e. The summed E-state index contributed by atoms with van der Waals surface area (Å²) in [5, 5.41) is 2.87. The normalized spacial score (nSPS) is 13.7. The summed E-state index contributed by atoms with van der Waals surface area (Å²) in [7, 11) is -1.04. The Bertz CT molecular complexity index is 497. The van der Waals surface area contributed by atoms with Gasteiger partial charge in [0.05, 0.1) is 11.0 Å². The van der Waals surface area contributed by atoms with Crippen LogP contribution in [0, 0.1) is 5.92 Å². The van der Waals surface area contributed by atoms with Gasteiger partial charge in [0.2, 0.25) is 0 Å². The Kier molecular flexibility index (Phi) is 7.20. The van der Waals surface area contributed by atoms with Crippen LogP contribution in [0.25, 0.3) is 0 Å². The molecule has 1 aromatic rings. The molecule has 0 bridgehead atoms. The number of halogens is 1. The number of hydrogen-bond acceptors (Lipinski definition) is 3. The fourth-order valence-corrected chi connectivity index (χ4v) is 3.48. The van der Waals surface area contributed by atoms with Crippen molar-refractivity contribution in [3.05, 3.63) is 34.3 Å². The standard InChI is InChI=1S/C15H24BrNO2S/c1-12(2)20(18,19)9-8-14(11-17-3)10-13-4-6-15(16)7-5-13/h4-7,12,14,17H,8-11H2,1-3H3. The minimum absolute atomic E-state index is 0.271. The van der Waals surface area contributed by atoms with E-state index in [4.69, 9.17) is 0 Å². The molecule has 0 heterocycles. The van der Waals surface area contributed by atoms with Gasteiger partial charge in [0.1, 0.15) is 0 Å². The van der Waals surface area contributed by atoms with Gasteiger partial charge < -0.3 is 5.32 Å². The molecule has 1 unspecified atom stereocenters.